The van der Waals surface area contributed by atoms with Gasteiger partial charge in [0, 0.05) is 0 Å². The largest absolute Gasteiger partial charge is 0.490 e. The van der Waals surface area contributed by atoms with Crippen LogP contribution in [0, 0.1) is 5.92 Å². The maximum Gasteiger partial charge on any atom is 0.119 e. The molecule has 2 aromatic carbocycles. The van der Waals surface area contributed by atoms with Gasteiger partial charge in [0.1, 0.15) is 5.75 Å². The highest BCUT2D eigenvalue weighted by Gasteiger charge is 2.21. The van der Waals surface area contributed by atoms with Crippen LogP contribution in [0.2, 0.25) is 0 Å². The van der Waals surface area contributed by atoms with Crippen LogP contribution >= 0.6 is 0 Å². The third-order valence-electron chi connectivity index (χ3n) is 4.91. The number of aliphatic imine (C=N–C) groups is 1. The summed E-state index contributed by atoms with van der Waals surface area (Å²) in [5, 5.41) is 0. The molecule has 0 atom stereocenters. The van der Waals surface area contributed by atoms with Crippen LogP contribution in [0.25, 0.3) is 11.1 Å². The van der Waals surface area contributed by atoms with Crippen LogP contribution < -0.4 is 4.74 Å². The number of benzene rings is 2. The second-order valence-electron chi connectivity index (χ2n) is 6.40. The third-order valence-corrected chi connectivity index (χ3v) is 4.91. The molecule has 1 aliphatic rings. The first-order chi connectivity index (χ1) is 11.3. The first kappa shape index (κ1) is 15.8. The van der Waals surface area contributed by atoms with Gasteiger partial charge in [0.15, 0.2) is 0 Å². The van der Waals surface area contributed by atoms with Gasteiger partial charge in [0.25, 0.3) is 0 Å². The second-order valence-corrected chi connectivity index (χ2v) is 6.40. The van der Waals surface area contributed by atoms with Crippen LogP contribution in [0.1, 0.15) is 39.0 Å². The monoisotopic (exact) mass is 307 g/mol. The van der Waals surface area contributed by atoms with E-state index in [1.165, 1.54) is 43.2 Å². The van der Waals surface area contributed by atoms with Gasteiger partial charge in [0.2, 0.25) is 0 Å². The van der Waals surface area contributed by atoms with E-state index in [0.29, 0.717) is 6.10 Å². The summed E-state index contributed by atoms with van der Waals surface area (Å²) in [6, 6.07) is 16.5. The minimum Gasteiger partial charge on any atom is -0.490 e. The summed E-state index contributed by atoms with van der Waals surface area (Å²) in [6.07, 6.45) is 6.70. The Hall–Kier alpha value is -2.09. The van der Waals surface area contributed by atoms with Crippen molar-refractivity contribution < 1.29 is 4.74 Å². The SMILES string of the molecule is C=Nc1ccc(-c2ccc(OC3CCC(CC)CC3)cc2)cc1. The average molecular weight is 307 g/mol. The maximum atomic E-state index is 6.15. The van der Waals surface area contributed by atoms with Crippen molar-refractivity contribution in [2.75, 3.05) is 0 Å². The van der Waals surface area contributed by atoms with E-state index in [9.17, 15) is 0 Å². The molecule has 0 amide bonds. The van der Waals surface area contributed by atoms with E-state index in [4.69, 9.17) is 4.74 Å². The number of hydrogen-bond acceptors (Lipinski definition) is 2. The van der Waals surface area contributed by atoms with Crippen LogP contribution in [0.4, 0.5) is 5.69 Å². The van der Waals surface area contributed by atoms with Crippen LogP contribution in [-0.4, -0.2) is 12.8 Å². The summed E-state index contributed by atoms with van der Waals surface area (Å²) < 4.78 is 6.15. The van der Waals surface area contributed by atoms with Crippen molar-refractivity contribution >= 4 is 12.4 Å². The predicted molar refractivity (Wildman–Crippen MR) is 97.8 cm³/mol. The minimum absolute atomic E-state index is 0.390. The molecule has 2 nitrogen and oxygen atoms in total. The summed E-state index contributed by atoms with van der Waals surface area (Å²) in [6.45, 7) is 5.84. The molecule has 0 radical (unpaired) electrons. The van der Waals surface area contributed by atoms with Crippen LogP contribution in [0.5, 0.6) is 5.75 Å². The zero-order chi connectivity index (χ0) is 16.1. The van der Waals surface area contributed by atoms with Crippen molar-refractivity contribution in [2.45, 2.75) is 45.1 Å². The summed E-state index contributed by atoms with van der Waals surface area (Å²) >= 11 is 0. The van der Waals surface area contributed by atoms with E-state index in [1.54, 1.807) is 0 Å². The Balaban J connectivity index is 1.61. The van der Waals surface area contributed by atoms with E-state index in [0.717, 1.165) is 17.4 Å². The van der Waals surface area contributed by atoms with E-state index in [1.807, 2.05) is 12.1 Å². The first-order valence-electron chi connectivity index (χ1n) is 8.62. The highest BCUT2D eigenvalue weighted by molar-refractivity contribution is 5.66. The molecule has 0 bridgehead atoms. The molecule has 0 N–H and O–H groups in total. The lowest BCUT2D eigenvalue weighted by Crippen LogP contribution is -2.23. The standard InChI is InChI=1S/C21H25NO/c1-3-16-4-12-20(13-5-16)23-21-14-8-18(9-15-21)17-6-10-19(22-2)11-7-17/h6-11,14-16,20H,2-5,12-13H2,1H3. The van der Waals surface area contributed by atoms with Crippen molar-refractivity contribution in [1.29, 1.82) is 0 Å². The summed E-state index contributed by atoms with van der Waals surface area (Å²) in [4.78, 5) is 3.93. The molecule has 0 heterocycles. The van der Waals surface area contributed by atoms with Crippen molar-refractivity contribution in [3.63, 3.8) is 0 Å². The van der Waals surface area contributed by atoms with Crippen molar-refractivity contribution in [3.05, 3.63) is 48.5 Å². The number of ether oxygens (including phenoxy) is 1. The molecular weight excluding hydrogens is 282 g/mol. The number of hydrogen-bond donors (Lipinski definition) is 0. The average Bonchev–Trinajstić information content (AvgIpc) is 2.63. The molecule has 2 aromatic rings. The topological polar surface area (TPSA) is 21.6 Å². The fraction of sp³-hybridized carbons (Fsp3) is 0.381. The predicted octanol–water partition coefficient (Wildman–Crippen LogP) is 6.03. The lowest BCUT2D eigenvalue weighted by Gasteiger charge is -2.28. The molecule has 3 rings (SSSR count). The van der Waals surface area contributed by atoms with Gasteiger partial charge in [-0.2, -0.15) is 0 Å². The first-order valence-corrected chi connectivity index (χ1v) is 8.62. The molecule has 0 unspecified atom stereocenters. The van der Waals surface area contributed by atoms with Crippen LogP contribution in [-0.2, 0) is 0 Å². The molecule has 0 saturated heterocycles. The van der Waals surface area contributed by atoms with E-state index >= 15 is 0 Å². The van der Waals surface area contributed by atoms with Gasteiger partial charge >= 0.3 is 0 Å². The zero-order valence-electron chi connectivity index (χ0n) is 13.9. The van der Waals surface area contributed by atoms with Gasteiger partial charge in [-0.05, 0) is 73.7 Å². The molecular formula is C21H25NO. The molecule has 0 spiro atoms. The Morgan fingerprint density at radius 2 is 1.48 bits per heavy atom. The molecule has 23 heavy (non-hydrogen) atoms. The molecule has 0 aromatic heterocycles. The molecule has 1 aliphatic carbocycles. The summed E-state index contributed by atoms with van der Waals surface area (Å²) in [5.41, 5.74) is 3.28. The number of nitrogens with zero attached hydrogens (tertiary/aromatic N) is 1. The van der Waals surface area contributed by atoms with E-state index < -0.39 is 0 Å². The Bertz CT molecular complexity index is 622. The quantitative estimate of drug-likeness (QED) is 0.618. The summed E-state index contributed by atoms with van der Waals surface area (Å²) in [5.74, 6) is 1.89. The maximum absolute atomic E-state index is 6.15. The third kappa shape index (κ3) is 4.01. The fourth-order valence-electron chi connectivity index (χ4n) is 3.34. The number of rotatable bonds is 5. The van der Waals surface area contributed by atoms with Gasteiger partial charge in [-0.1, -0.05) is 37.6 Å². The van der Waals surface area contributed by atoms with E-state index in [2.05, 4.69) is 55.0 Å². The highest BCUT2D eigenvalue weighted by atomic mass is 16.5. The smallest absolute Gasteiger partial charge is 0.119 e. The Kier molecular flexibility index (Phi) is 5.12. The van der Waals surface area contributed by atoms with Crippen molar-refractivity contribution in [2.24, 2.45) is 10.9 Å². The molecule has 0 aliphatic heterocycles. The Morgan fingerprint density at radius 1 is 0.913 bits per heavy atom. The van der Waals surface area contributed by atoms with Crippen LogP contribution in [0.3, 0.4) is 0 Å². The normalized spacial score (nSPS) is 20.9. The lowest BCUT2D eigenvalue weighted by atomic mass is 9.86. The Labute approximate surface area is 139 Å². The molecule has 2 heteroatoms. The second kappa shape index (κ2) is 7.45. The fourth-order valence-corrected chi connectivity index (χ4v) is 3.34. The molecule has 1 fully saturated rings. The van der Waals surface area contributed by atoms with Crippen molar-refractivity contribution in [3.8, 4) is 16.9 Å². The van der Waals surface area contributed by atoms with Crippen molar-refractivity contribution in [1.82, 2.24) is 0 Å². The van der Waals surface area contributed by atoms with Gasteiger partial charge < -0.3 is 4.74 Å². The van der Waals surface area contributed by atoms with Gasteiger partial charge in [-0.3, -0.25) is 4.99 Å². The molecule has 120 valence electrons. The minimum atomic E-state index is 0.390. The van der Waals surface area contributed by atoms with Gasteiger partial charge in [0.05, 0.1) is 11.8 Å². The zero-order valence-corrected chi connectivity index (χ0v) is 13.9. The Morgan fingerprint density at radius 3 is 2.00 bits per heavy atom. The van der Waals surface area contributed by atoms with Gasteiger partial charge in [-0.25, -0.2) is 0 Å². The summed E-state index contributed by atoms with van der Waals surface area (Å²) in [7, 11) is 0. The molecule has 1 saturated carbocycles. The highest BCUT2D eigenvalue weighted by Crippen LogP contribution is 2.30. The van der Waals surface area contributed by atoms with Crippen LogP contribution in [0.15, 0.2) is 53.5 Å². The lowest BCUT2D eigenvalue weighted by molar-refractivity contribution is 0.130. The van der Waals surface area contributed by atoms with Gasteiger partial charge in [-0.15, -0.1) is 0 Å². The van der Waals surface area contributed by atoms with E-state index in [-0.39, 0.29) is 0 Å².